The number of nitrogens with one attached hydrogen (secondary N) is 1. The second kappa shape index (κ2) is 9.99. The van der Waals surface area contributed by atoms with Crippen LogP contribution in [0.1, 0.15) is 24.0 Å². The maximum atomic E-state index is 6.21. The smallest absolute Gasteiger partial charge is 0.162 e. The molecule has 0 bridgehead atoms. The molecule has 0 amide bonds. The van der Waals surface area contributed by atoms with E-state index in [0.717, 1.165) is 48.1 Å². The summed E-state index contributed by atoms with van der Waals surface area (Å²) >= 11 is 15.8. The van der Waals surface area contributed by atoms with Crippen molar-refractivity contribution in [3.05, 3.63) is 56.0 Å². The Hall–Kier alpha value is -0.980. The molecule has 3 rings (SSSR count). The molecular formula is C20H22BrCl2NO3. The molecule has 0 aliphatic carbocycles. The highest BCUT2D eigenvalue weighted by molar-refractivity contribution is 9.10. The van der Waals surface area contributed by atoms with Crippen molar-refractivity contribution in [1.82, 2.24) is 5.32 Å². The first-order chi connectivity index (χ1) is 13.1. The molecule has 146 valence electrons. The second-order valence-electron chi connectivity index (χ2n) is 6.38. The Bertz CT molecular complexity index is 782. The fraction of sp³-hybridized carbons (Fsp3) is 0.400. The van der Waals surface area contributed by atoms with Crippen molar-refractivity contribution in [2.45, 2.75) is 32.1 Å². The zero-order valence-corrected chi connectivity index (χ0v) is 18.2. The highest BCUT2D eigenvalue weighted by atomic mass is 79.9. The van der Waals surface area contributed by atoms with E-state index < -0.39 is 0 Å². The second-order valence-corrected chi connectivity index (χ2v) is 8.08. The van der Waals surface area contributed by atoms with E-state index in [1.165, 1.54) is 0 Å². The molecule has 1 fully saturated rings. The van der Waals surface area contributed by atoms with Crippen LogP contribution in [0.3, 0.4) is 0 Å². The normalized spacial score (nSPS) is 16.5. The third-order valence-corrected chi connectivity index (χ3v) is 5.77. The lowest BCUT2D eigenvalue weighted by Crippen LogP contribution is -2.25. The lowest BCUT2D eigenvalue weighted by molar-refractivity contribution is 0.110. The third-order valence-electron chi connectivity index (χ3n) is 4.44. The zero-order chi connectivity index (χ0) is 19.2. The van der Waals surface area contributed by atoms with Crippen LogP contribution in [-0.2, 0) is 17.9 Å². The number of rotatable bonds is 8. The summed E-state index contributed by atoms with van der Waals surface area (Å²) in [6, 6.07) is 9.26. The molecule has 0 radical (unpaired) electrons. The van der Waals surface area contributed by atoms with E-state index in [-0.39, 0.29) is 0 Å². The molecule has 2 aromatic carbocycles. The van der Waals surface area contributed by atoms with Gasteiger partial charge in [-0.2, -0.15) is 0 Å². The average molecular weight is 475 g/mol. The highest BCUT2D eigenvalue weighted by Gasteiger charge is 2.16. The van der Waals surface area contributed by atoms with Gasteiger partial charge in [-0.05, 0) is 42.7 Å². The van der Waals surface area contributed by atoms with Crippen LogP contribution >= 0.6 is 39.1 Å². The van der Waals surface area contributed by atoms with E-state index in [1.54, 1.807) is 19.2 Å². The van der Waals surface area contributed by atoms with Gasteiger partial charge in [-0.1, -0.05) is 45.2 Å². The molecule has 1 unspecified atom stereocenters. The van der Waals surface area contributed by atoms with Crippen LogP contribution < -0.4 is 14.8 Å². The summed E-state index contributed by atoms with van der Waals surface area (Å²) in [5.74, 6) is 1.33. The summed E-state index contributed by atoms with van der Waals surface area (Å²) in [5.41, 5.74) is 1.96. The Morgan fingerprint density at radius 1 is 1.19 bits per heavy atom. The van der Waals surface area contributed by atoms with Crippen LogP contribution in [-0.4, -0.2) is 26.4 Å². The first-order valence-corrected chi connectivity index (χ1v) is 10.4. The largest absolute Gasteiger partial charge is 0.493 e. The minimum atomic E-state index is 0.317. The monoisotopic (exact) mass is 473 g/mol. The Morgan fingerprint density at radius 2 is 2.04 bits per heavy atom. The summed E-state index contributed by atoms with van der Waals surface area (Å²) in [6.45, 7) is 2.77. The van der Waals surface area contributed by atoms with Gasteiger partial charge in [0.1, 0.15) is 6.61 Å². The summed E-state index contributed by atoms with van der Waals surface area (Å²) in [6.07, 6.45) is 2.59. The standard InChI is InChI=1S/C20H22BrCl2NO3/c1-25-19-7-14(10-24-11-16-3-2-6-26-16)17(21)9-20(19)27-12-13-4-5-15(22)8-18(13)23/h4-5,7-9,16,24H,2-3,6,10-12H2,1H3. The molecule has 0 spiro atoms. The predicted molar refractivity (Wildman–Crippen MR) is 112 cm³/mol. The van der Waals surface area contributed by atoms with E-state index in [0.29, 0.717) is 34.3 Å². The summed E-state index contributed by atoms with van der Waals surface area (Å²) in [7, 11) is 1.63. The number of halogens is 3. The highest BCUT2D eigenvalue weighted by Crippen LogP contribution is 2.34. The Balaban J connectivity index is 1.63. The fourth-order valence-corrected chi connectivity index (χ4v) is 3.88. The predicted octanol–water partition coefficient (Wildman–Crippen LogP) is 5.61. The molecule has 1 aliphatic rings. The number of hydrogen-bond acceptors (Lipinski definition) is 4. The van der Waals surface area contributed by atoms with Crippen molar-refractivity contribution in [1.29, 1.82) is 0 Å². The number of hydrogen-bond donors (Lipinski definition) is 1. The Labute approximate surface area is 178 Å². The molecule has 7 heteroatoms. The molecular weight excluding hydrogens is 453 g/mol. The van der Waals surface area contributed by atoms with E-state index in [2.05, 4.69) is 21.2 Å². The third kappa shape index (κ3) is 5.75. The van der Waals surface area contributed by atoms with Gasteiger partial charge in [0.2, 0.25) is 0 Å². The van der Waals surface area contributed by atoms with Crippen LogP contribution in [0.2, 0.25) is 10.0 Å². The van der Waals surface area contributed by atoms with Gasteiger partial charge >= 0.3 is 0 Å². The molecule has 1 saturated heterocycles. The molecule has 1 N–H and O–H groups in total. The lowest BCUT2D eigenvalue weighted by atomic mass is 10.2. The van der Waals surface area contributed by atoms with Crippen molar-refractivity contribution < 1.29 is 14.2 Å². The van der Waals surface area contributed by atoms with Gasteiger partial charge in [0, 0.05) is 39.8 Å². The van der Waals surface area contributed by atoms with Crippen LogP contribution in [0.25, 0.3) is 0 Å². The van der Waals surface area contributed by atoms with Crippen molar-refractivity contribution in [2.24, 2.45) is 0 Å². The van der Waals surface area contributed by atoms with Gasteiger partial charge in [0.05, 0.1) is 13.2 Å². The van der Waals surface area contributed by atoms with E-state index in [4.69, 9.17) is 37.4 Å². The van der Waals surface area contributed by atoms with E-state index in [9.17, 15) is 0 Å². The fourth-order valence-electron chi connectivity index (χ4n) is 2.95. The molecule has 1 atom stereocenters. The molecule has 1 aliphatic heterocycles. The van der Waals surface area contributed by atoms with Gasteiger partial charge in [-0.3, -0.25) is 0 Å². The maximum absolute atomic E-state index is 6.21. The van der Waals surface area contributed by atoms with Crippen LogP contribution in [0, 0.1) is 0 Å². The molecule has 0 aromatic heterocycles. The van der Waals surface area contributed by atoms with Crippen LogP contribution in [0.5, 0.6) is 11.5 Å². The van der Waals surface area contributed by atoms with E-state index >= 15 is 0 Å². The first-order valence-electron chi connectivity index (χ1n) is 8.82. The average Bonchev–Trinajstić information content (AvgIpc) is 3.16. The summed E-state index contributed by atoms with van der Waals surface area (Å²) < 4.78 is 18.0. The zero-order valence-electron chi connectivity index (χ0n) is 15.1. The lowest BCUT2D eigenvalue weighted by Gasteiger charge is -2.16. The molecule has 27 heavy (non-hydrogen) atoms. The van der Waals surface area contributed by atoms with Crippen molar-refractivity contribution >= 4 is 39.1 Å². The number of benzene rings is 2. The Morgan fingerprint density at radius 3 is 2.74 bits per heavy atom. The van der Waals surface area contributed by atoms with Gasteiger partial charge in [-0.25, -0.2) is 0 Å². The van der Waals surface area contributed by atoms with Crippen LogP contribution in [0.4, 0.5) is 0 Å². The van der Waals surface area contributed by atoms with E-state index in [1.807, 2.05) is 18.2 Å². The minimum Gasteiger partial charge on any atom is -0.493 e. The van der Waals surface area contributed by atoms with Gasteiger partial charge in [0.25, 0.3) is 0 Å². The van der Waals surface area contributed by atoms with Crippen molar-refractivity contribution in [3.8, 4) is 11.5 Å². The minimum absolute atomic E-state index is 0.317. The van der Waals surface area contributed by atoms with Gasteiger partial charge < -0.3 is 19.5 Å². The van der Waals surface area contributed by atoms with Crippen molar-refractivity contribution in [2.75, 3.05) is 20.3 Å². The quantitative estimate of drug-likeness (QED) is 0.539. The number of methoxy groups -OCH3 is 1. The SMILES string of the molecule is COc1cc(CNCC2CCCO2)c(Br)cc1OCc1ccc(Cl)cc1Cl. The molecule has 2 aromatic rings. The first kappa shape index (κ1) is 20.7. The molecule has 4 nitrogen and oxygen atoms in total. The van der Waals surface area contributed by atoms with Gasteiger partial charge in [0.15, 0.2) is 11.5 Å². The Kier molecular flexibility index (Phi) is 7.67. The van der Waals surface area contributed by atoms with Crippen molar-refractivity contribution in [3.63, 3.8) is 0 Å². The van der Waals surface area contributed by atoms with Gasteiger partial charge in [-0.15, -0.1) is 0 Å². The number of ether oxygens (including phenoxy) is 3. The summed E-state index contributed by atoms with van der Waals surface area (Å²) in [4.78, 5) is 0. The summed E-state index contributed by atoms with van der Waals surface area (Å²) in [5, 5.41) is 4.62. The maximum Gasteiger partial charge on any atom is 0.162 e. The topological polar surface area (TPSA) is 39.7 Å². The molecule has 0 saturated carbocycles. The molecule has 1 heterocycles. The van der Waals surface area contributed by atoms with Crippen LogP contribution in [0.15, 0.2) is 34.8 Å².